The van der Waals surface area contributed by atoms with Crippen molar-refractivity contribution in [2.45, 2.75) is 4.90 Å². The highest BCUT2D eigenvalue weighted by Crippen LogP contribution is 2.12. The van der Waals surface area contributed by atoms with E-state index in [1.807, 2.05) is 0 Å². The third-order valence-electron chi connectivity index (χ3n) is 3.09. The van der Waals surface area contributed by atoms with Crippen molar-refractivity contribution in [3.63, 3.8) is 0 Å². The van der Waals surface area contributed by atoms with Crippen LogP contribution in [0.1, 0.15) is 10.4 Å². The number of ether oxygens (including phenoxy) is 1. The number of hydrogen-bond donors (Lipinski definition) is 2. The van der Waals surface area contributed by atoms with Gasteiger partial charge in [-0.3, -0.25) is 4.79 Å². The van der Waals surface area contributed by atoms with Gasteiger partial charge in [-0.1, -0.05) is 12.1 Å². The highest BCUT2D eigenvalue weighted by molar-refractivity contribution is 7.89. The Bertz CT molecular complexity index is 899. The minimum absolute atomic E-state index is 0.0186. The van der Waals surface area contributed by atoms with E-state index in [1.54, 1.807) is 0 Å². The Labute approximate surface area is 143 Å². The van der Waals surface area contributed by atoms with Crippen LogP contribution in [0.4, 0.5) is 10.1 Å². The average Bonchev–Trinajstić information content (AvgIpc) is 2.60. The topological polar surface area (TPSA) is 102 Å². The first-order valence-electron chi connectivity index (χ1n) is 7.08. The van der Waals surface area contributed by atoms with Crippen LogP contribution < -0.4 is 10.0 Å². The second kappa shape index (κ2) is 7.86. The maximum Gasteiger partial charge on any atom is 0.338 e. The minimum atomic E-state index is -3.70. The van der Waals surface area contributed by atoms with E-state index in [2.05, 4.69) is 10.0 Å². The van der Waals surface area contributed by atoms with Gasteiger partial charge in [-0.15, -0.1) is 0 Å². The molecule has 0 saturated heterocycles. The molecule has 0 atom stereocenters. The van der Waals surface area contributed by atoms with Crippen molar-refractivity contribution in [2.24, 2.45) is 0 Å². The van der Waals surface area contributed by atoms with Gasteiger partial charge in [0.2, 0.25) is 10.0 Å². The number of halogens is 1. The lowest BCUT2D eigenvalue weighted by atomic mass is 10.2. The molecule has 0 saturated carbocycles. The van der Waals surface area contributed by atoms with E-state index in [0.717, 1.165) is 12.1 Å². The molecule has 0 fully saturated rings. The molecule has 2 aromatic rings. The van der Waals surface area contributed by atoms with Crippen LogP contribution in [0.2, 0.25) is 0 Å². The first-order valence-corrected chi connectivity index (χ1v) is 8.56. The zero-order valence-corrected chi connectivity index (χ0v) is 14.0. The maximum atomic E-state index is 13.0. The first-order chi connectivity index (χ1) is 11.8. The number of sulfonamides is 1. The van der Waals surface area contributed by atoms with Crippen LogP contribution in [0.15, 0.2) is 53.4 Å². The Kier molecular flexibility index (Phi) is 5.84. The van der Waals surface area contributed by atoms with Crippen molar-refractivity contribution in [1.82, 2.24) is 4.72 Å². The molecule has 2 rings (SSSR count). The fraction of sp³-hybridized carbons (Fsp3) is 0.125. The third-order valence-corrected chi connectivity index (χ3v) is 4.50. The van der Waals surface area contributed by atoms with Crippen LogP contribution in [0.25, 0.3) is 0 Å². The number of rotatable bonds is 6. The number of carbonyl (C=O) groups excluding carboxylic acids is 2. The lowest BCUT2D eigenvalue weighted by Crippen LogP contribution is -2.21. The molecule has 0 heterocycles. The van der Waals surface area contributed by atoms with Gasteiger partial charge >= 0.3 is 5.97 Å². The zero-order chi connectivity index (χ0) is 18.4. The minimum Gasteiger partial charge on any atom is -0.452 e. The van der Waals surface area contributed by atoms with Crippen molar-refractivity contribution >= 4 is 27.6 Å². The summed E-state index contributed by atoms with van der Waals surface area (Å²) < 4.78 is 43.4. The Morgan fingerprint density at radius 2 is 1.84 bits per heavy atom. The molecule has 0 aromatic heterocycles. The van der Waals surface area contributed by atoms with Crippen LogP contribution >= 0.6 is 0 Å². The lowest BCUT2D eigenvalue weighted by molar-refractivity contribution is -0.119. The zero-order valence-electron chi connectivity index (χ0n) is 13.2. The molecule has 0 aliphatic heterocycles. The molecule has 7 nitrogen and oxygen atoms in total. The van der Waals surface area contributed by atoms with Gasteiger partial charge in [-0.05, 0) is 43.4 Å². The summed E-state index contributed by atoms with van der Waals surface area (Å²) in [5, 5.41) is 2.37. The normalized spacial score (nSPS) is 11.0. The average molecular weight is 366 g/mol. The van der Waals surface area contributed by atoms with Gasteiger partial charge in [0, 0.05) is 5.69 Å². The van der Waals surface area contributed by atoms with Crippen molar-refractivity contribution in [3.8, 4) is 0 Å². The van der Waals surface area contributed by atoms with Crippen molar-refractivity contribution < 1.29 is 27.1 Å². The van der Waals surface area contributed by atoms with Crippen LogP contribution in [-0.4, -0.2) is 33.9 Å². The SMILES string of the molecule is CNS(=O)(=O)c1cccc(C(=O)OCC(=O)Nc2cccc(F)c2)c1. The molecule has 2 aromatic carbocycles. The first kappa shape index (κ1) is 18.6. The van der Waals surface area contributed by atoms with Crippen LogP contribution in [0.5, 0.6) is 0 Å². The summed E-state index contributed by atoms with van der Waals surface area (Å²) in [7, 11) is -2.46. The Morgan fingerprint density at radius 3 is 2.52 bits per heavy atom. The summed E-state index contributed by atoms with van der Waals surface area (Å²) in [5.41, 5.74) is 0.207. The number of amides is 1. The van der Waals surface area contributed by atoms with Crippen molar-refractivity contribution in [1.29, 1.82) is 0 Å². The quantitative estimate of drug-likeness (QED) is 0.755. The predicted octanol–water partition coefficient (Wildman–Crippen LogP) is 1.53. The number of nitrogens with one attached hydrogen (secondary N) is 2. The van der Waals surface area contributed by atoms with Gasteiger partial charge < -0.3 is 10.1 Å². The largest absolute Gasteiger partial charge is 0.452 e. The standard InChI is InChI=1S/C16H15FN2O5S/c1-18-25(22,23)14-7-2-4-11(8-14)16(21)24-10-15(20)19-13-6-3-5-12(17)9-13/h2-9,18H,10H2,1H3,(H,19,20). The second-order valence-corrected chi connectivity index (χ2v) is 6.76. The fourth-order valence-electron chi connectivity index (χ4n) is 1.89. The van der Waals surface area contributed by atoms with Crippen LogP contribution in [0, 0.1) is 5.82 Å². The van der Waals surface area contributed by atoms with Crippen molar-refractivity contribution in [3.05, 3.63) is 59.9 Å². The monoisotopic (exact) mass is 366 g/mol. The number of benzene rings is 2. The fourth-order valence-corrected chi connectivity index (χ4v) is 2.66. The van der Waals surface area contributed by atoms with Crippen LogP contribution in [-0.2, 0) is 19.6 Å². The summed E-state index contributed by atoms with van der Waals surface area (Å²) in [5.74, 6) is -2.03. The Balaban J connectivity index is 1.98. The van der Waals surface area contributed by atoms with E-state index < -0.39 is 34.3 Å². The Morgan fingerprint density at radius 1 is 1.12 bits per heavy atom. The van der Waals surface area contributed by atoms with E-state index in [9.17, 15) is 22.4 Å². The molecule has 0 bridgehead atoms. The van der Waals surface area contributed by atoms with E-state index in [1.165, 1.54) is 43.4 Å². The van der Waals surface area contributed by atoms with E-state index in [0.29, 0.717) is 0 Å². The molecule has 0 unspecified atom stereocenters. The van der Waals surface area contributed by atoms with E-state index in [-0.39, 0.29) is 16.1 Å². The summed E-state index contributed by atoms with van der Waals surface area (Å²) in [4.78, 5) is 23.6. The smallest absolute Gasteiger partial charge is 0.338 e. The molecule has 0 radical (unpaired) electrons. The predicted molar refractivity (Wildman–Crippen MR) is 88.0 cm³/mol. The van der Waals surface area contributed by atoms with Gasteiger partial charge in [0.05, 0.1) is 10.5 Å². The van der Waals surface area contributed by atoms with Gasteiger partial charge in [0.25, 0.3) is 5.91 Å². The molecule has 1 amide bonds. The lowest BCUT2D eigenvalue weighted by Gasteiger charge is -2.08. The number of carbonyl (C=O) groups is 2. The van der Waals surface area contributed by atoms with Crippen LogP contribution in [0.3, 0.4) is 0 Å². The summed E-state index contributed by atoms with van der Waals surface area (Å²) >= 11 is 0. The molecule has 25 heavy (non-hydrogen) atoms. The molecular formula is C16H15FN2O5S. The summed E-state index contributed by atoms with van der Waals surface area (Å²) in [6.07, 6.45) is 0. The molecule has 0 spiro atoms. The van der Waals surface area contributed by atoms with Gasteiger partial charge in [-0.2, -0.15) is 0 Å². The highest BCUT2D eigenvalue weighted by atomic mass is 32.2. The number of hydrogen-bond acceptors (Lipinski definition) is 5. The van der Waals surface area contributed by atoms with E-state index in [4.69, 9.17) is 4.74 Å². The van der Waals surface area contributed by atoms with Gasteiger partial charge in [0.1, 0.15) is 5.82 Å². The van der Waals surface area contributed by atoms with Gasteiger partial charge in [-0.25, -0.2) is 22.3 Å². The maximum absolute atomic E-state index is 13.0. The Hall–Kier alpha value is -2.78. The summed E-state index contributed by atoms with van der Waals surface area (Å²) in [6.45, 7) is -0.599. The molecule has 0 aliphatic rings. The molecule has 9 heteroatoms. The third kappa shape index (κ3) is 5.10. The highest BCUT2D eigenvalue weighted by Gasteiger charge is 2.16. The van der Waals surface area contributed by atoms with E-state index >= 15 is 0 Å². The second-order valence-electron chi connectivity index (χ2n) is 4.87. The van der Waals surface area contributed by atoms with Crippen molar-refractivity contribution in [2.75, 3.05) is 19.0 Å². The molecule has 132 valence electrons. The summed E-state index contributed by atoms with van der Waals surface area (Å²) in [6, 6.07) is 10.4. The number of anilines is 1. The molecular weight excluding hydrogens is 351 g/mol. The van der Waals surface area contributed by atoms with Gasteiger partial charge in [0.15, 0.2) is 6.61 Å². The number of esters is 1. The molecule has 0 aliphatic carbocycles. The molecule has 2 N–H and O–H groups in total.